The number of benzene rings is 1. The first-order valence-corrected chi connectivity index (χ1v) is 4.16. The number of hydrogen-bond donors (Lipinski definition) is 0. The molecule has 0 aromatic heterocycles. The fraction of sp³-hybridized carbons (Fsp3) is 0.300. The standard InChI is InChI=1S/C10H9BO/c11-9-3-1-2-8(6-12)10(9)7-4-5-7/h1-3,6-7H,4-5H2. The highest BCUT2D eigenvalue weighted by atomic mass is 16.1. The summed E-state index contributed by atoms with van der Waals surface area (Å²) < 4.78 is 0. The topological polar surface area (TPSA) is 17.1 Å². The van der Waals surface area contributed by atoms with E-state index in [4.69, 9.17) is 7.85 Å². The third kappa shape index (κ3) is 1.18. The molecule has 0 bridgehead atoms. The molecule has 0 unspecified atom stereocenters. The number of hydrogen-bond acceptors (Lipinski definition) is 1. The summed E-state index contributed by atoms with van der Waals surface area (Å²) in [6.07, 6.45) is 3.24. The third-order valence-electron chi connectivity index (χ3n) is 2.29. The van der Waals surface area contributed by atoms with Crippen LogP contribution in [-0.4, -0.2) is 14.1 Å². The van der Waals surface area contributed by atoms with Gasteiger partial charge in [0, 0.05) is 5.56 Å². The van der Waals surface area contributed by atoms with E-state index in [9.17, 15) is 4.79 Å². The number of carbonyl (C=O) groups is 1. The molecular formula is C10H9BO. The van der Waals surface area contributed by atoms with Crippen LogP contribution in [0.2, 0.25) is 0 Å². The van der Waals surface area contributed by atoms with E-state index in [-0.39, 0.29) is 0 Å². The monoisotopic (exact) mass is 156 g/mol. The van der Waals surface area contributed by atoms with E-state index in [1.165, 1.54) is 12.8 Å². The highest BCUT2D eigenvalue weighted by Gasteiger charge is 2.26. The lowest BCUT2D eigenvalue weighted by Gasteiger charge is -2.06. The van der Waals surface area contributed by atoms with Gasteiger partial charge in [-0.05, 0) is 24.3 Å². The van der Waals surface area contributed by atoms with Gasteiger partial charge in [0.05, 0.1) is 0 Å². The first-order valence-electron chi connectivity index (χ1n) is 4.16. The molecule has 58 valence electrons. The molecule has 1 aromatic rings. The minimum atomic E-state index is 0.548. The summed E-state index contributed by atoms with van der Waals surface area (Å²) in [5.74, 6) is 0.548. The predicted octanol–water partition coefficient (Wildman–Crippen LogP) is 1.17. The van der Waals surface area contributed by atoms with Crippen molar-refractivity contribution in [1.29, 1.82) is 0 Å². The highest BCUT2D eigenvalue weighted by Crippen LogP contribution is 2.40. The van der Waals surface area contributed by atoms with Gasteiger partial charge in [-0.2, -0.15) is 0 Å². The molecule has 0 heterocycles. The van der Waals surface area contributed by atoms with Gasteiger partial charge < -0.3 is 0 Å². The zero-order valence-electron chi connectivity index (χ0n) is 6.79. The van der Waals surface area contributed by atoms with Crippen molar-refractivity contribution in [2.24, 2.45) is 0 Å². The van der Waals surface area contributed by atoms with Crippen molar-refractivity contribution in [2.75, 3.05) is 0 Å². The minimum Gasteiger partial charge on any atom is -0.298 e. The Morgan fingerprint density at radius 3 is 2.75 bits per heavy atom. The summed E-state index contributed by atoms with van der Waals surface area (Å²) in [6, 6.07) is 5.52. The van der Waals surface area contributed by atoms with Crippen molar-refractivity contribution in [1.82, 2.24) is 0 Å². The molecule has 2 heteroatoms. The Hall–Kier alpha value is -1.05. The molecule has 1 nitrogen and oxygen atoms in total. The average molecular weight is 156 g/mol. The summed E-state index contributed by atoms with van der Waals surface area (Å²) >= 11 is 0. The average Bonchev–Trinajstić information content (AvgIpc) is 2.87. The predicted molar refractivity (Wildman–Crippen MR) is 49.2 cm³/mol. The van der Waals surface area contributed by atoms with Crippen LogP contribution in [0.1, 0.15) is 34.7 Å². The van der Waals surface area contributed by atoms with Gasteiger partial charge >= 0.3 is 0 Å². The van der Waals surface area contributed by atoms with Crippen LogP contribution >= 0.6 is 0 Å². The maximum absolute atomic E-state index is 10.7. The van der Waals surface area contributed by atoms with E-state index < -0.39 is 0 Å². The van der Waals surface area contributed by atoms with Crippen molar-refractivity contribution in [3.8, 4) is 0 Å². The smallest absolute Gasteiger partial charge is 0.150 e. The van der Waals surface area contributed by atoms with Gasteiger partial charge in [0.25, 0.3) is 0 Å². The van der Waals surface area contributed by atoms with Gasteiger partial charge in [-0.3, -0.25) is 4.79 Å². The Morgan fingerprint density at radius 2 is 2.17 bits per heavy atom. The SMILES string of the molecule is [B]c1cccc(C=O)c1C1CC1. The zero-order chi connectivity index (χ0) is 8.55. The van der Waals surface area contributed by atoms with Crippen molar-refractivity contribution < 1.29 is 4.79 Å². The quantitative estimate of drug-likeness (QED) is 0.464. The zero-order valence-corrected chi connectivity index (χ0v) is 6.79. The molecule has 0 N–H and O–H groups in total. The van der Waals surface area contributed by atoms with Gasteiger partial charge in [0.1, 0.15) is 14.1 Å². The minimum absolute atomic E-state index is 0.548. The van der Waals surface area contributed by atoms with Crippen LogP contribution in [0, 0.1) is 0 Å². The van der Waals surface area contributed by atoms with Crippen LogP contribution < -0.4 is 5.46 Å². The Morgan fingerprint density at radius 1 is 1.42 bits per heavy atom. The molecule has 1 fully saturated rings. The lowest BCUT2D eigenvalue weighted by Crippen LogP contribution is -2.11. The third-order valence-corrected chi connectivity index (χ3v) is 2.29. The summed E-state index contributed by atoms with van der Waals surface area (Å²) in [5, 5.41) is 0. The molecular weight excluding hydrogens is 147 g/mol. The largest absolute Gasteiger partial charge is 0.298 e. The first kappa shape index (κ1) is 7.60. The fourth-order valence-electron chi connectivity index (χ4n) is 1.55. The summed E-state index contributed by atoms with van der Waals surface area (Å²) in [4.78, 5) is 10.7. The number of aldehydes is 1. The van der Waals surface area contributed by atoms with Crippen LogP contribution in [0.15, 0.2) is 18.2 Å². The first-order chi connectivity index (χ1) is 5.83. The van der Waals surface area contributed by atoms with Crippen LogP contribution in [0.4, 0.5) is 0 Å². The molecule has 0 amide bonds. The van der Waals surface area contributed by atoms with Gasteiger partial charge in [0.2, 0.25) is 0 Å². The maximum atomic E-state index is 10.7. The summed E-state index contributed by atoms with van der Waals surface area (Å²) in [6.45, 7) is 0. The van der Waals surface area contributed by atoms with E-state index in [2.05, 4.69) is 0 Å². The fourth-order valence-corrected chi connectivity index (χ4v) is 1.55. The van der Waals surface area contributed by atoms with Crippen molar-refractivity contribution >= 4 is 19.6 Å². The van der Waals surface area contributed by atoms with Gasteiger partial charge in [-0.15, -0.1) is 0 Å². The van der Waals surface area contributed by atoms with E-state index in [0.717, 1.165) is 22.9 Å². The van der Waals surface area contributed by atoms with Crippen LogP contribution in [0.5, 0.6) is 0 Å². The molecule has 1 aliphatic rings. The Bertz CT molecular complexity index is 316. The lowest BCUT2D eigenvalue weighted by molar-refractivity contribution is 0.112. The highest BCUT2D eigenvalue weighted by molar-refractivity contribution is 6.33. The Balaban J connectivity index is 2.52. The van der Waals surface area contributed by atoms with E-state index in [1.807, 2.05) is 18.2 Å². The Kier molecular flexibility index (Phi) is 1.76. The molecule has 2 rings (SSSR count). The summed E-state index contributed by atoms with van der Waals surface area (Å²) in [7, 11) is 5.78. The lowest BCUT2D eigenvalue weighted by atomic mass is 9.86. The van der Waals surface area contributed by atoms with E-state index in [0.29, 0.717) is 5.92 Å². The Labute approximate surface area is 73.2 Å². The molecule has 0 spiro atoms. The molecule has 0 atom stereocenters. The van der Waals surface area contributed by atoms with Gasteiger partial charge in [-0.1, -0.05) is 23.7 Å². The normalized spacial score (nSPS) is 16.0. The van der Waals surface area contributed by atoms with Crippen LogP contribution in [0.25, 0.3) is 0 Å². The molecule has 2 radical (unpaired) electrons. The second kappa shape index (κ2) is 2.78. The van der Waals surface area contributed by atoms with E-state index in [1.54, 1.807) is 0 Å². The van der Waals surface area contributed by atoms with Crippen molar-refractivity contribution in [2.45, 2.75) is 18.8 Å². The van der Waals surface area contributed by atoms with E-state index >= 15 is 0 Å². The van der Waals surface area contributed by atoms with Gasteiger partial charge in [-0.25, -0.2) is 0 Å². The molecule has 1 aromatic carbocycles. The molecule has 1 aliphatic carbocycles. The maximum Gasteiger partial charge on any atom is 0.150 e. The molecule has 12 heavy (non-hydrogen) atoms. The van der Waals surface area contributed by atoms with Gasteiger partial charge in [0.15, 0.2) is 0 Å². The second-order valence-electron chi connectivity index (χ2n) is 3.24. The molecule has 0 saturated heterocycles. The molecule has 0 aliphatic heterocycles. The number of rotatable bonds is 2. The van der Waals surface area contributed by atoms with Crippen LogP contribution in [-0.2, 0) is 0 Å². The summed E-state index contributed by atoms with van der Waals surface area (Å²) in [5.41, 5.74) is 2.59. The van der Waals surface area contributed by atoms with Crippen molar-refractivity contribution in [3.63, 3.8) is 0 Å². The molecule has 1 saturated carbocycles. The number of carbonyl (C=O) groups excluding carboxylic acids is 1. The van der Waals surface area contributed by atoms with Crippen LogP contribution in [0.3, 0.4) is 0 Å². The van der Waals surface area contributed by atoms with Crippen molar-refractivity contribution in [3.05, 3.63) is 29.3 Å². The second-order valence-corrected chi connectivity index (χ2v) is 3.24.